The Kier molecular flexibility index (Phi) is 4.95. The molecule has 2 N–H and O–H groups in total. The zero-order valence-electron chi connectivity index (χ0n) is 13.7. The van der Waals surface area contributed by atoms with Crippen molar-refractivity contribution in [2.75, 3.05) is 0 Å². The highest BCUT2D eigenvalue weighted by Crippen LogP contribution is 2.40. The number of halogens is 4. The molecule has 136 valence electrons. The number of hydrogen-bond acceptors (Lipinski definition) is 2. The number of aromatic hydroxyl groups is 1. The second-order valence-electron chi connectivity index (χ2n) is 6.09. The number of fused-ring (bicyclic) bond motifs is 1. The van der Waals surface area contributed by atoms with Crippen molar-refractivity contribution in [3.63, 3.8) is 0 Å². The molecule has 2 heterocycles. The van der Waals surface area contributed by atoms with Gasteiger partial charge in [-0.1, -0.05) is 63.7 Å². The number of nitrogens with one attached hydrogen (secondary N) is 1. The highest BCUT2D eigenvalue weighted by molar-refractivity contribution is 9.11. The van der Waals surface area contributed by atoms with E-state index in [-0.39, 0.29) is 11.8 Å². The van der Waals surface area contributed by atoms with Gasteiger partial charge in [-0.25, -0.2) is 4.99 Å². The van der Waals surface area contributed by atoms with Crippen LogP contribution in [-0.4, -0.2) is 21.7 Å². The van der Waals surface area contributed by atoms with Crippen molar-refractivity contribution in [1.29, 1.82) is 0 Å². The van der Waals surface area contributed by atoms with Gasteiger partial charge < -0.3 is 10.1 Å². The zero-order valence-corrected chi connectivity index (χ0v) is 20.0. The molecule has 0 bridgehead atoms. The van der Waals surface area contributed by atoms with Gasteiger partial charge in [-0.05, 0) is 42.8 Å². The van der Waals surface area contributed by atoms with E-state index in [0.717, 1.165) is 34.6 Å². The molecule has 0 unspecified atom stereocenters. The highest BCUT2D eigenvalue weighted by Gasteiger charge is 2.33. The van der Waals surface area contributed by atoms with Crippen LogP contribution >= 0.6 is 63.7 Å². The summed E-state index contributed by atoms with van der Waals surface area (Å²) in [6.07, 6.45) is 0. The first-order chi connectivity index (χ1) is 12.8. The number of aromatic nitrogens is 1. The summed E-state index contributed by atoms with van der Waals surface area (Å²) in [4.78, 5) is 19.9. The fourth-order valence-electron chi connectivity index (χ4n) is 3.05. The minimum atomic E-state index is -0.379. The number of hydrogen-bond donors (Lipinski definition) is 2. The molecule has 0 atom stereocenters. The van der Waals surface area contributed by atoms with Gasteiger partial charge in [0.2, 0.25) is 0 Å². The fourth-order valence-corrected chi connectivity index (χ4v) is 5.53. The number of nitrogens with zero attached hydrogens (tertiary/aromatic N) is 1. The van der Waals surface area contributed by atoms with Gasteiger partial charge >= 0.3 is 0 Å². The molecule has 0 saturated heterocycles. The minimum Gasteiger partial charge on any atom is -0.494 e. The van der Waals surface area contributed by atoms with E-state index < -0.39 is 0 Å². The van der Waals surface area contributed by atoms with Gasteiger partial charge in [0, 0.05) is 29.0 Å². The van der Waals surface area contributed by atoms with E-state index in [1.165, 1.54) is 0 Å². The molecule has 4 nitrogen and oxygen atoms in total. The molecule has 0 fully saturated rings. The van der Waals surface area contributed by atoms with Crippen LogP contribution in [0.3, 0.4) is 0 Å². The lowest BCUT2D eigenvalue weighted by Crippen LogP contribution is -2.01. The van der Waals surface area contributed by atoms with E-state index in [2.05, 4.69) is 73.7 Å². The molecule has 0 spiro atoms. The smallest absolute Gasteiger partial charge is 0.280 e. The average Bonchev–Trinajstić information content (AvgIpc) is 3.10. The van der Waals surface area contributed by atoms with Crippen LogP contribution in [0.4, 0.5) is 0 Å². The summed E-state index contributed by atoms with van der Waals surface area (Å²) in [5.41, 5.74) is 4.34. The third-order valence-corrected chi connectivity index (χ3v) is 6.91. The lowest BCUT2D eigenvalue weighted by Gasteiger charge is -2.07. The summed E-state index contributed by atoms with van der Waals surface area (Å²) in [6, 6.07) is 9.44. The van der Waals surface area contributed by atoms with E-state index in [0.29, 0.717) is 22.5 Å². The summed E-state index contributed by atoms with van der Waals surface area (Å²) in [5.74, 6) is -0.455. The van der Waals surface area contributed by atoms with E-state index in [1.807, 2.05) is 37.3 Å². The number of amides is 1. The van der Waals surface area contributed by atoms with Crippen LogP contribution in [0.25, 0.3) is 11.3 Å². The van der Waals surface area contributed by atoms with Gasteiger partial charge in [-0.2, -0.15) is 0 Å². The van der Waals surface area contributed by atoms with Gasteiger partial charge in [0.25, 0.3) is 5.91 Å². The predicted octanol–water partition coefficient (Wildman–Crippen LogP) is 6.74. The van der Waals surface area contributed by atoms with Crippen molar-refractivity contribution >= 4 is 75.3 Å². The van der Waals surface area contributed by atoms with Crippen molar-refractivity contribution in [2.24, 2.45) is 4.99 Å². The normalized spacial score (nSPS) is 13.1. The van der Waals surface area contributed by atoms with E-state index in [9.17, 15) is 9.90 Å². The molecular formula is C19H10Br4N2O2. The van der Waals surface area contributed by atoms with Gasteiger partial charge in [0.15, 0.2) is 5.88 Å². The molecule has 1 amide bonds. The predicted molar refractivity (Wildman–Crippen MR) is 120 cm³/mol. The third-order valence-electron chi connectivity index (χ3n) is 4.35. The molecule has 1 aromatic heterocycles. The Balaban J connectivity index is 1.91. The number of carbonyl (C=O) groups excluding carboxylic acids is 1. The van der Waals surface area contributed by atoms with Crippen LogP contribution < -0.4 is 0 Å². The molecule has 0 aliphatic carbocycles. The molecule has 3 aromatic rings. The van der Waals surface area contributed by atoms with Crippen LogP contribution in [0.2, 0.25) is 0 Å². The van der Waals surface area contributed by atoms with Crippen LogP contribution in [0.1, 0.15) is 27.0 Å². The average molecular weight is 618 g/mol. The number of benzene rings is 2. The molecule has 0 saturated carbocycles. The van der Waals surface area contributed by atoms with Gasteiger partial charge in [-0.3, -0.25) is 4.79 Å². The van der Waals surface area contributed by atoms with Crippen molar-refractivity contribution < 1.29 is 9.90 Å². The quantitative estimate of drug-likeness (QED) is 0.335. The number of H-pyrrole nitrogens is 1. The molecule has 1 aliphatic rings. The number of aliphatic imine (C=N–C) groups is 1. The largest absolute Gasteiger partial charge is 0.494 e. The number of carbonyl (C=O) groups is 1. The first-order valence-corrected chi connectivity index (χ1v) is 10.9. The Bertz CT molecular complexity index is 1120. The third kappa shape index (κ3) is 3.26. The fraction of sp³-hybridized carbons (Fsp3) is 0.0526. The summed E-state index contributed by atoms with van der Waals surface area (Å²) < 4.78 is 3.49. The standard InChI is InChI=1S/C19H10Br4N2O2/c1-7-12(22)4-9(5-13(7)23)17-15-14(18(26)25-17)16(24-19(15)27)8-2-10(20)6-11(21)3-8/h2-6,24,27H,1H3. The summed E-state index contributed by atoms with van der Waals surface area (Å²) in [5, 5.41) is 10.6. The van der Waals surface area contributed by atoms with Crippen molar-refractivity contribution in [3.05, 3.63) is 70.5 Å². The molecule has 4 rings (SSSR count). The van der Waals surface area contributed by atoms with Crippen LogP contribution in [-0.2, 0) is 0 Å². The molecule has 2 aromatic carbocycles. The lowest BCUT2D eigenvalue weighted by molar-refractivity contribution is 0.101. The number of rotatable bonds is 2. The molecule has 27 heavy (non-hydrogen) atoms. The van der Waals surface area contributed by atoms with Crippen molar-refractivity contribution in [1.82, 2.24) is 4.98 Å². The van der Waals surface area contributed by atoms with Gasteiger partial charge in [-0.15, -0.1) is 0 Å². The maximum atomic E-state index is 12.7. The van der Waals surface area contributed by atoms with Gasteiger partial charge in [0.1, 0.15) is 0 Å². The minimum absolute atomic E-state index is 0.0754. The Morgan fingerprint density at radius 3 is 2.07 bits per heavy atom. The summed E-state index contributed by atoms with van der Waals surface area (Å²) >= 11 is 14.0. The topological polar surface area (TPSA) is 65.5 Å². The first-order valence-electron chi connectivity index (χ1n) is 7.77. The molecular weight excluding hydrogens is 608 g/mol. The molecule has 0 radical (unpaired) electrons. The maximum absolute atomic E-state index is 12.7. The van der Waals surface area contributed by atoms with E-state index >= 15 is 0 Å². The second kappa shape index (κ2) is 6.99. The van der Waals surface area contributed by atoms with Crippen molar-refractivity contribution in [3.8, 4) is 17.1 Å². The Morgan fingerprint density at radius 1 is 0.889 bits per heavy atom. The summed E-state index contributed by atoms with van der Waals surface area (Å²) in [6.45, 7) is 1.97. The molecule has 1 aliphatic heterocycles. The van der Waals surface area contributed by atoms with Crippen LogP contribution in [0.15, 0.2) is 53.2 Å². The van der Waals surface area contributed by atoms with Crippen molar-refractivity contribution in [2.45, 2.75) is 6.92 Å². The highest BCUT2D eigenvalue weighted by atomic mass is 79.9. The Hall–Kier alpha value is -1.22. The lowest BCUT2D eigenvalue weighted by atomic mass is 9.99. The number of aromatic amines is 1. The SMILES string of the molecule is Cc1c(Br)cc(C2=NC(=O)c3c(-c4cc(Br)cc(Br)c4)[nH]c(O)c32)cc1Br. The zero-order chi connectivity index (χ0) is 19.5. The monoisotopic (exact) mass is 614 g/mol. The van der Waals surface area contributed by atoms with Crippen LogP contribution in [0, 0.1) is 6.92 Å². The summed E-state index contributed by atoms with van der Waals surface area (Å²) in [7, 11) is 0. The Morgan fingerprint density at radius 2 is 1.48 bits per heavy atom. The first kappa shape index (κ1) is 19.1. The maximum Gasteiger partial charge on any atom is 0.280 e. The molecule has 8 heteroatoms. The van der Waals surface area contributed by atoms with Gasteiger partial charge in [0.05, 0.1) is 22.5 Å². The Labute approximate surface area is 188 Å². The van der Waals surface area contributed by atoms with E-state index in [4.69, 9.17) is 0 Å². The van der Waals surface area contributed by atoms with Crippen LogP contribution in [0.5, 0.6) is 5.88 Å². The second-order valence-corrected chi connectivity index (χ2v) is 9.63. The van der Waals surface area contributed by atoms with E-state index in [1.54, 1.807) is 0 Å².